The molecule has 0 amide bonds. The van der Waals surface area contributed by atoms with Gasteiger partial charge >= 0.3 is 5.97 Å². The minimum Gasteiger partial charge on any atom is -0.469 e. The van der Waals surface area contributed by atoms with Crippen molar-refractivity contribution in [3.8, 4) is 0 Å². The first-order chi connectivity index (χ1) is 6.95. The number of nitrogens with one attached hydrogen (secondary N) is 1. The van der Waals surface area contributed by atoms with Crippen LogP contribution in [0.5, 0.6) is 0 Å². The second-order valence-corrected chi connectivity index (χ2v) is 4.72. The van der Waals surface area contributed by atoms with E-state index >= 15 is 0 Å². The van der Waals surface area contributed by atoms with Crippen molar-refractivity contribution in [2.45, 2.75) is 59.0 Å². The lowest BCUT2D eigenvalue weighted by molar-refractivity contribution is -0.141. The van der Waals surface area contributed by atoms with Gasteiger partial charge < -0.3 is 10.1 Å². The van der Waals surface area contributed by atoms with Crippen LogP contribution >= 0.6 is 0 Å². The van der Waals surface area contributed by atoms with Gasteiger partial charge in [-0.1, -0.05) is 13.8 Å². The molecule has 0 aromatic heterocycles. The van der Waals surface area contributed by atoms with E-state index in [0.29, 0.717) is 12.5 Å². The highest BCUT2D eigenvalue weighted by atomic mass is 16.5. The summed E-state index contributed by atoms with van der Waals surface area (Å²) in [6.07, 6.45) is 2.82. The van der Waals surface area contributed by atoms with Crippen LogP contribution in [0.2, 0.25) is 0 Å². The van der Waals surface area contributed by atoms with Gasteiger partial charge in [0.2, 0.25) is 0 Å². The Morgan fingerprint density at radius 1 is 1.13 bits per heavy atom. The van der Waals surface area contributed by atoms with Crippen LogP contribution in [0, 0.1) is 5.92 Å². The van der Waals surface area contributed by atoms with Crippen LogP contribution in [0.4, 0.5) is 0 Å². The Kier molecular flexibility index (Phi) is 7.39. The zero-order valence-electron chi connectivity index (χ0n) is 10.7. The fraction of sp³-hybridized carbons (Fsp3) is 0.917. The molecule has 0 fully saturated rings. The minimum absolute atomic E-state index is 0.147. The number of carbonyl (C=O) groups is 1. The van der Waals surface area contributed by atoms with Crippen LogP contribution in [0.1, 0.15) is 47.0 Å². The van der Waals surface area contributed by atoms with Crippen molar-refractivity contribution in [2.24, 2.45) is 5.92 Å². The maximum absolute atomic E-state index is 11.0. The lowest BCUT2D eigenvalue weighted by Gasteiger charge is -2.19. The molecule has 3 heteroatoms. The molecule has 0 aliphatic carbocycles. The fourth-order valence-corrected chi connectivity index (χ4v) is 1.54. The van der Waals surface area contributed by atoms with Gasteiger partial charge in [0.25, 0.3) is 0 Å². The molecule has 0 spiro atoms. The summed E-state index contributed by atoms with van der Waals surface area (Å²) >= 11 is 0. The highest BCUT2D eigenvalue weighted by molar-refractivity contribution is 5.69. The second kappa shape index (κ2) is 7.69. The summed E-state index contributed by atoms with van der Waals surface area (Å²) < 4.78 is 4.62. The maximum Gasteiger partial charge on any atom is 0.307 e. The van der Waals surface area contributed by atoms with Gasteiger partial charge in [0, 0.05) is 12.1 Å². The standard InChI is InChI=1S/C12H25NO2/c1-9(2)6-7-10(3)13-11(4)8-12(14)15-5/h9-11,13H,6-8H2,1-5H3. The van der Waals surface area contributed by atoms with Crippen LogP contribution in [0.25, 0.3) is 0 Å². The van der Waals surface area contributed by atoms with Gasteiger partial charge in [0.15, 0.2) is 0 Å². The van der Waals surface area contributed by atoms with Crippen molar-refractivity contribution in [2.75, 3.05) is 7.11 Å². The lowest BCUT2D eigenvalue weighted by atomic mass is 10.0. The highest BCUT2D eigenvalue weighted by Gasteiger charge is 2.11. The first-order valence-electron chi connectivity index (χ1n) is 5.78. The Balaban J connectivity index is 3.66. The first-order valence-corrected chi connectivity index (χ1v) is 5.78. The molecular formula is C12H25NO2. The topological polar surface area (TPSA) is 38.3 Å². The Bertz CT molecular complexity index is 180. The molecule has 0 bridgehead atoms. The summed E-state index contributed by atoms with van der Waals surface area (Å²) in [4.78, 5) is 11.0. The van der Waals surface area contributed by atoms with E-state index in [-0.39, 0.29) is 12.0 Å². The second-order valence-electron chi connectivity index (χ2n) is 4.72. The van der Waals surface area contributed by atoms with E-state index in [1.807, 2.05) is 6.92 Å². The zero-order valence-corrected chi connectivity index (χ0v) is 10.7. The quantitative estimate of drug-likeness (QED) is 0.662. The van der Waals surface area contributed by atoms with Gasteiger partial charge in [-0.3, -0.25) is 4.79 Å². The highest BCUT2D eigenvalue weighted by Crippen LogP contribution is 2.07. The van der Waals surface area contributed by atoms with Crippen LogP contribution in [0.15, 0.2) is 0 Å². The van der Waals surface area contributed by atoms with Gasteiger partial charge in [0.1, 0.15) is 0 Å². The summed E-state index contributed by atoms with van der Waals surface area (Å²) in [6, 6.07) is 0.659. The van der Waals surface area contributed by atoms with E-state index in [0.717, 1.165) is 12.3 Å². The summed E-state index contributed by atoms with van der Waals surface area (Å²) in [5.41, 5.74) is 0. The minimum atomic E-state index is -0.147. The van der Waals surface area contributed by atoms with Crippen molar-refractivity contribution < 1.29 is 9.53 Å². The van der Waals surface area contributed by atoms with Gasteiger partial charge in [-0.05, 0) is 32.6 Å². The number of methoxy groups -OCH3 is 1. The molecule has 0 saturated heterocycles. The third kappa shape index (κ3) is 8.43. The van der Waals surface area contributed by atoms with Gasteiger partial charge in [0.05, 0.1) is 13.5 Å². The third-order valence-electron chi connectivity index (χ3n) is 2.45. The molecule has 2 atom stereocenters. The summed E-state index contributed by atoms with van der Waals surface area (Å²) in [7, 11) is 1.43. The predicted molar refractivity (Wildman–Crippen MR) is 62.8 cm³/mol. The number of esters is 1. The Morgan fingerprint density at radius 3 is 2.20 bits per heavy atom. The summed E-state index contributed by atoms with van der Waals surface area (Å²) in [5, 5.41) is 3.40. The van der Waals surface area contributed by atoms with E-state index < -0.39 is 0 Å². The van der Waals surface area contributed by atoms with Crippen molar-refractivity contribution in [3.63, 3.8) is 0 Å². The average molecular weight is 215 g/mol. The third-order valence-corrected chi connectivity index (χ3v) is 2.45. The molecule has 0 aliphatic heterocycles. The molecule has 90 valence electrons. The number of carbonyl (C=O) groups excluding carboxylic acids is 1. The molecule has 0 radical (unpaired) electrons. The number of hydrogen-bond donors (Lipinski definition) is 1. The number of rotatable bonds is 7. The number of ether oxygens (including phenoxy) is 1. The normalized spacial score (nSPS) is 15.1. The van der Waals surface area contributed by atoms with Gasteiger partial charge in [-0.2, -0.15) is 0 Å². The van der Waals surface area contributed by atoms with Crippen LogP contribution in [-0.2, 0) is 9.53 Å². The summed E-state index contributed by atoms with van der Waals surface area (Å²) in [5.74, 6) is 0.594. The largest absolute Gasteiger partial charge is 0.469 e. The molecule has 0 aliphatic rings. The average Bonchev–Trinajstić information content (AvgIpc) is 2.14. The molecule has 3 nitrogen and oxygen atoms in total. The smallest absolute Gasteiger partial charge is 0.307 e. The molecule has 15 heavy (non-hydrogen) atoms. The van der Waals surface area contributed by atoms with Crippen LogP contribution < -0.4 is 5.32 Å². The monoisotopic (exact) mass is 215 g/mol. The SMILES string of the molecule is COC(=O)CC(C)NC(C)CCC(C)C. The molecule has 2 unspecified atom stereocenters. The van der Waals surface area contributed by atoms with Gasteiger partial charge in [-0.15, -0.1) is 0 Å². The molecule has 0 saturated carbocycles. The van der Waals surface area contributed by atoms with E-state index in [2.05, 4.69) is 30.8 Å². The lowest BCUT2D eigenvalue weighted by Crippen LogP contribution is -2.36. The molecular weight excluding hydrogens is 190 g/mol. The molecule has 0 heterocycles. The van der Waals surface area contributed by atoms with E-state index in [1.165, 1.54) is 13.5 Å². The van der Waals surface area contributed by atoms with Crippen molar-refractivity contribution >= 4 is 5.97 Å². The summed E-state index contributed by atoms with van der Waals surface area (Å²) in [6.45, 7) is 8.63. The Hall–Kier alpha value is -0.570. The first kappa shape index (κ1) is 14.4. The van der Waals surface area contributed by atoms with Crippen LogP contribution in [-0.4, -0.2) is 25.2 Å². The van der Waals surface area contributed by atoms with Crippen molar-refractivity contribution in [1.29, 1.82) is 0 Å². The zero-order chi connectivity index (χ0) is 11.8. The van der Waals surface area contributed by atoms with E-state index in [9.17, 15) is 4.79 Å². The Labute approximate surface area is 93.6 Å². The maximum atomic E-state index is 11.0. The van der Waals surface area contributed by atoms with Crippen molar-refractivity contribution in [3.05, 3.63) is 0 Å². The molecule has 0 aromatic rings. The van der Waals surface area contributed by atoms with E-state index in [4.69, 9.17) is 0 Å². The Morgan fingerprint density at radius 2 is 1.73 bits per heavy atom. The molecule has 1 N–H and O–H groups in total. The predicted octanol–water partition coefficient (Wildman–Crippen LogP) is 2.35. The van der Waals surface area contributed by atoms with Gasteiger partial charge in [-0.25, -0.2) is 0 Å². The van der Waals surface area contributed by atoms with Crippen molar-refractivity contribution in [1.82, 2.24) is 5.32 Å². The van der Waals surface area contributed by atoms with Crippen LogP contribution in [0.3, 0.4) is 0 Å². The molecule has 0 aromatic carbocycles. The molecule has 0 rings (SSSR count). The number of hydrogen-bond acceptors (Lipinski definition) is 3. The van der Waals surface area contributed by atoms with E-state index in [1.54, 1.807) is 0 Å². The fourth-order valence-electron chi connectivity index (χ4n) is 1.54.